The number of fused-ring (bicyclic) bond motifs is 1. The second-order valence-electron chi connectivity index (χ2n) is 6.19. The van der Waals surface area contributed by atoms with Gasteiger partial charge in [0.05, 0.1) is 5.69 Å². The third kappa shape index (κ3) is 2.74. The van der Waals surface area contributed by atoms with Gasteiger partial charge in [-0.15, -0.1) is 0 Å². The molecule has 4 heteroatoms. The Morgan fingerprint density at radius 1 is 1.12 bits per heavy atom. The third-order valence-electron chi connectivity index (χ3n) is 4.35. The molecule has 0 aliphatic heterocycles. The fourth-order valence-electron chi connectivity index (χ4n) is 3.18. The SMILES string of the molecule is CCn1c(-c2ccc(F)cc2)cc2c(C(C)N)cc(C)cc2c1=O. The standard InChI is InChI=1S/C20H21FN2O/c1-4-23-19(14-5-7-15(21)8-6-14)11-17-16(13(3)22)9-12(2)10-18(17)20(23)24/h5-11,13H,4,22H2,1-3H3. The van der Waals surface area contributed by atoms with E-state index in [0.717, 1.165) is 27.8 Å². The highest BCUT2D eigenvalue weighted by atomic mass is 19.1. The van der Waals surface area contributed by atoms with Crippen molar-refractivity contribution in [1.82, 2.24) is 4.57 Å². The molecule has 0 aliphatic carbocycles. The van der Waals surface area contributed by atoms with Gasteiger partial charge < -0.3 is 10.3 Å². The summed E-state index contributed by atoms with van der Waals surface area (Å²) in [4.78, 5) is 13.0. The zero-order valence-electron chi connectivity index (χ0n) is 14.1. The Hall–Kier alpha value is -2.46. The van der Waals surface area contributed by atoms with Crippen molar-refractivity contribution in [3.8, 4) is 11.3 Å². The van der Waals surface area contributed by atoms with Crippen molar-refractivity contribution in [3.63, 3.8) is 0 Å². The number of hydrogen-bond acceptors (Lipinski definition) is 2. The molecule has 0 bridgehead atoms. The number of benzene rings is 2. The molecule has 2 N–H and O–H groups in total. The van der Waals surface area contributed by atoms with E-state index in [-0.39, 0.29) is 17.4 Å². The number of halogens is 1. The number of rotatable bonds is 3. The van der Waals surface area contributed by atoms with Crippen LogP contribution in [0.4, 0.5) is 4.39 Å². The minimum Gasteiger partial charge on any atom is -0.324 e. The number of aromatic nitrogens is 1. The quantitative estimate of drug-likeness (QED) is 0.786. The first-order valence-corrected chi connectivity index (χ1v) is 8.12. The topological polar surface area (TPSA) is 48.0 Å². The number of nitrogens with zero attached hydrogens (tertiary/aromatic N) is 1. The molecule has 0 saturated heterocycles. The average molecular weight is 324 g/mol. The van der Waals surface area contributed by atoms with Crippen molar-refractivity contribution in [2.45, 2.75) is 33.4 Å². The fourth-order valence-corrected chi connectivity index (χ4v) is 3.18. The molecule has 1 aromatic heterocycles. The van der Waals surface area contributed by atoms with Crippen LogP contribution in [-0.4, -0.2) is 4.57 Å². The summed E-state index contributed by atoms with van der Waals surface area (Å²) in [6.07, 6.45) is 0. The van der Waals surface area contributed by atoms with Crippen LogP contribution < -0.4 is 11.3 Å². The highest BCUT2D eigenvalue weighted by molar-refractivity contribution is 5.89. The normalized spacial score (nSPS) is 12.5. The van der Waals surface area contributed by atoms with Crippen LogP contribution in [-0.2, 0) is 6.54 Å². The number of hydrogen-bond donors (Lipinski definition) is 1. The first-order chi connectivity index (χ1) is 11.4. The molecule has 0 fully saturated rings. The molecular formula is C20H21FN2O. The largest absolute Gasteiger partial charge is 0.324 e. The maximum absolute atomic E-state index is 13.2. The molecule has 0 radical (unpaired) electrons. The summed E-state index contributed by atoms with van der Waals surface area (Å²) in [6.45, 7) is 6.36. The third-order valence-corrected chi connectivity index (χ3v) is 4.35. The molecule has 0 amide bonds. The molecule has 0 spiro atoms. The van der Waals surface area contributed by atoms with E-state index in [1.807, 2.05) is 39.0 Å². The second kappa shape index (κ2) is 6.21. The Kier molecular flexibility index (Phi) is 4.24. The van der Waals surface area contributed by atoms with Crippen LogP contribution >= 0.6 is 0 Å². The predicted molar refractivity (Wildman–Crippen MR) is 96.6 cm³/mol. The van der Waals surface area contributed by atoms with Crippen LogP contribution in [0.5, 0.6) is 0 Å². The summed E-state index contributed by atoms with van der Waals surface area (Å²) in [5.41, 5.74) is 9.64. The van der Waals surface area contributed by atoms with Crippen molar-refractivity contribution < 1.29 is 4.39 Å². The van der Waals surface area contributed by atoms with Gasteiger partial charge in [-0.2, -0.15) is 0 Å². The fraction of sp³-hybridized carbons (Fsp3) is 0.250. The zero-order chi connectivity index (χ0) is 17.4. The molecule has 1 atom stereocenters. The summed E-state index contributed by atoms with van der Waals surface area (Å²) in [5.74, 6) is -0.295. The Morgan fingerprint density at radius 3 is 2.38 bits per heavy atom. The van der Waals surface area contributed by atoms with Crippen molar-refractivity contribution >= 4 is 10.8 Å². The van der Waals surface area contributed by atoms with Gasteiger partial charge in [0, 0.05) is 18.0 Å². The lowest BCUT2D eigenvalue weighted by Gasteiger charge is -2.17. The van der Waals surface area contributed by atoms with Gasteiger partial charge in [0.1, 0.15) is 5.82 Å². The molecule has 3 rings (SSSR count). The Labute approximate surface area is 140 Å². The van der Waals surface area contributed by atoms with Crippen molar-refractivity contribution in [1.29, 1.82) is 0 Å². The number of nitrogens with two attached hydrogens (primary N) is 1. The van der Waals surface area contributed by atoms with Crippen molar-refractivity contribution in [3.05, 3.63) is 69.8 Å². The summed E-state index contributed by atoms with van der Waals surface area (Å²) in [7, 11) is 0. The van der Waals surface area contributed by atoms with Gasteiger partial charge in [-0.1, -0.05) is 6.07 Å². The van der Waals surface area contributed by atoms with E-state index in [4.69, 9.17) is 5.73 Å². The van der Waals surface area contributed by atoms with Gasteiger partial charge in [-0.3, -0.25) is 4.79 Å². The minimum absolute atomic E-state index is 0.0417. The first-order valence-electron chi connectivity index (χ1n) is 8.12. The molecule has 0 saturated carbocycles. The summed E-state index contributed by atoms with van der Waals surface area (Å²) in [6, 6.07) is 12.0. The Morgan fingerprint density at radius 2 is 1.79 bits per heavy atom. The summed E-state index contributed by atoms with van der Waals surface area (Å²) < 4.78 is 15.0. The monoisotopic (exact) mass is 324 g/mol. The highest BCUT2D eigenvalue weighted by Crippen LogP contribution is 2.28. The van der Waals surface area contributed by atoms with Gasteiger partial charge in [-0.05, 0) is 79.2 Å². The van der Waals surface area contributed by atoms with Gasteiger partial charge in [0.25, 0.3) is 5.56 Å². The maximum Gasteiger partial charge on any atom is 0.258 e. The summed E-state index contributed by atoms with van der Waals surface area (Å²) >= 11 is 0. The molecule has 1 unspecified atom stereocenters. The second-order valence-corrected chi connectivity index (χ2v) is 6.19. The summed E-state index contributed by atoms with van der Waals surface area (Å²) in [5, 5.41) is 1.54. The minimum atomic E-state index is -0.295. The van der Waals surface area contributed by atoms with Crippen molar-refractivity contribution in [2.24, 2.45) is 5.73 Å². The lowest BCUT2D eigenvalue weighted by Crippen LogP contribution is -2.22. The van der Waals surface area contributed by atoms with Crippen molar-refractivity contribution in [2.75, 3.05) is 0 Å². The van der Waals surface area contributed by atoms with Gasteiger partial charge >= 0.3 is 0 Å². The van der Waals surface area contributed by atoms with Gasteiger partial charge in [0.15, 0.2) is 0 Å². The average Bonchev–Trinajstić information content (AvgIpc) is 2.55. The van der Waals surface area contributed by atoms with E-state index in [2.05, 4.69) is 0 Å². The number of pyridine rings is 1. The molecule has 3 aromatic rings. The van der Waals surface area contributed by atoms with Gasteiger partial charge in [0.2, 0.25) is 0 Å². The van der Waals surface area contributed by atoms with Crippen LogP contribution in [0.15, 0.2) is 47.3 Å². The molecule has 24 heavy (non-hydrogen) atoms. The highest BCUT2D eigenvalue weighted by Gasteiger charge is 2.15. The van der Waals surface area contributed by atoms with E-state index < -0.39 is 0 Å². The molecule has 1 heterocycles. The van der Waals surface area contributed by atoms with Crippen LogP contribution in [0.2, 0.25) is 0 Å². The van der Waals surface area contributed by atoms with Crippen LogP contribution in [0.25, 0.3) is 22.0 Å². The Balaban J connectivity index is 2.42. The Bertz CT molecular complexity index is 956. The van der Waals surface area contributed by atoms with Crippen LogP contribution in [0.3, 0.4) is 0 Å². The number of aryl methyl sites for hydroxylation is 1. The molecule has 124 valence electrons. The smallest absolute Gasteiger partial charge is 0.258 e. The molecule has 3 nitrogen and oxygen atoms in total. The zero-order valence-corrected chi connectivity index (χ0v) is 14.1. The molecule has 0 aliphatic rings. The lowest BCUT2D eigenvalue weighted by atomic mass is 9.96. The lowest BCUT2D eigenvalue weighted by molar-refractivity contribution is 0.628. The maximum atomic E-state index is 13.2. The van der Waals surface area contributed by atoms with E-state index >= 15 is 0 Å². The van der Waals surface area contributed by atoms with E-state index in [0.29, 0.717) is 11.9 Å². The van der Waals surface area contributed by atoms with Gasteiger partial charge in [-0.25, -0.2) is 4.39 Å². The van der Waals surface area contributed by atoms with Crippen LogP contribution in [0.1, 0.15) is 31.0 Å². The van der Waals surface area contributed by atoms with E-state index in [1.165, 1.54) is 12.1 Å². The molecular weight excluding hydrogens is 303 g/mol. The van der Waals surface area contributed by atoms with E-state index in [9.17, 15) is 9.18 Å². The molecule has 2 aromatic carbocycles. The predicted octanol–water partition coefficient (Wildman–Crippen LogP) is 4.16. The first kappa shape index (κ1) is 16.4. The van der Waals surface area contributed by atoms with Crippen LogP contribution in [0, 0.1) is 12.7 Å². The van der Waals surface area contributed by atoms with E-state index in [1.54, 1.807) is 16.7 Å².